The van der Waals surface area contributed by atoms with E-state index < -0.39 is 5.97 Å². The standard InChI is InChI=1S/C12H10FNO2/c1-16-12(15)11-7-14-6-10(11)8-2-4-9(13)5-3-8/h2-7,14H,1H3. The van der Waals surface area contributed by atoms with Gasteiger partial charge in [0.25, 0.3) is 0 Å². The first-order valence-corrected chi connectivity index (χ1v) is 4.73. The zero-order chi connectivity index (χ0) is 11.5. The van der Waals surface area contributed by atoms with Crippen molar-refractivity contribution in [3.8, 4) is 11.1 Å². The lowest BCUT2D eigenvalue weighted by atomic mass is 10.1. The van der Waals surface area contributed by atoms with Crippen LogP contribution in [-0.4, -0.2) is 18.1 Å². The van der Waals surface area contributed by atoms with E-state index in [1.165, 1.54) is 19.2 Å². The molecule has 0 saturated carbocycles. The van der Waals surface area contributed by atoms with Crippen molar-refractivity contribution in [2.45, 2.75) is 0 Å². The van der Waals surface area contributed by atoms with Crippen LogP contribution in [0, 0.1) is 5.82 Å². The minimum absolute atomic E-state index is 0.307. The van der Waals surface area contributed by atoms with Crippen molar-refractivity contribution < 1.29 is 13.9 Å². The Kier molecular flexibility index (Phi) is 2.72. The van der Waals surface area contributed by atoms with Crippen molar-refractivity contribution in [1.29, 1.82) is 0 Å². The molecule has 16 heavy (non-hydrogen) atoms. The van der Waals surface area contributed by atoms with Gasteiger partial charge in [0.1, 0.15) is 5.82 Å². The van der Waals surface area contributed by atoms with E-state index >= 15 is 0 Å². The van der Waals surface area contributed by atoms with Crippen LogP contribution in [0.15, 0.2) is 36.7 Å². The van der Waals surface area contributed by atoms with E-state index in [-0.39, 0.29) is 5.82 Å². The Morgan fingerprint density at radius 1 is 1.25 bits per heavy atom. The summed E-state index contributed by atoms with van der Waals surface area (Å²) in [7, 11) is 1.32. The number of aromatic amines is 1. The molecule has 0 amide bonds. The minimum Gasteiger partial charge on any atom is -0.465 e. The van der Waals surface area contributed by atoms with Gasteiger partial charge in [-0.25, -0.2) is 9.18 Å². The van der Waals surface area contributed by atoms with E-state index in [9.17, 15) is 9.18 Å². The van der Waals surface area contributed by atoms with Crippen molar-refractivity contribution in [2.24, 2.45) is 0 Å². The molecule has 0 unspecified atom stereocenters. The summed E-state index contributed by atoms with van der Waals surface area (Å²) in [6.07, 6.45) is 3.24. The summed E-state index contributed by atoms with van der Waals surface area (Å²) in [6, 6.07) is 5.93. The summed E-state index contributed by atoms with van der Waals surface area (Å²) in [5.41, 5.74) is 1.91. The molecular weight excluding hydrogens is 209 g/mol. The molecule has 0 saturated heterocycles. The van der Waals surface area contributed by atoms with Gasteiger partial charge >= 0.3 is 5.97 Å². The predicted octanol–water partition coefficient (Wildman–Crippen LogP) is 2.61. The van der Waals surface area contributed by atoms with Crippen molar-refractivity contribution >= 4 is 5.97 Å². The van der Waals surface area contributed by atoms with Crippen LogP contribution in [0.3, 0.4) is 0 Å². The number of methoxy groups -OCH3 is 1. The maximum atomic E-state index is 12.8. The van der Waals surface area contributed by atoms with Crippen LogP contribution >= 0.6 is 0 Å². The van der Waals surface area contributed by atoms with Crippen LogP contribution in [0.1, 0.15) is 10.4 Å². The third-order valence-corrected chi connectivity index (χ3v) is 2.31. The van der Waals surface area contributed by atoms with Crippen LogP contribution < -0.4 is 0 Å². The first-order chi connectivity index (χ1) is 7.72. The number of nitrogens with one attached hydrogen (secondary N) is 1. The molecule has 0 spiro atoms. The first kappa shape index (κ1) is 10.4. The normalized spacial score (nSPS) is 10.1. The molecule has 3 nitrogen and oxygen atoms in total. The molecule has 1 N–H and O–H groups in total. The molecule has 1 aromatic heterocycles. The highest BCUT2D eigenvalue weighted by Gasteiger charge is 2.13. The number of aromatic nitrogens is 1. The van der Waals surface area contributed by atoms with Crippen molar-refractivity contribution in [2.75, 3.05) is 7.11 Å². The zero-order valence-electron chi connectivity index (χ0n) is 8.66. The average molecular weight is 219 g/mol. The fourth-order valence-electron chi connectivity index (χ4n) is 1.51. The molecule has 0 radical (unpaired) electrons. The summed E-state index contributed by atoms with van der Waals surface area (Å²) in [5, 5.41) is 0. The molecule has 4 heteroatoms. The highest BCUT2D eigenvalue weighted by Crippen LogP contribution is 2.24. The number of H-pyrrole nitrogens is 1. The summed E-state index contributed by atoms with van der Waals surface area (Å²) >= 11 is 0. The van der Waals surface area contributed by atoms with Gasteiger partial charge in [0.2, 0.25) is 0 Å². The van der Waals surface area contributed by atoms with Gasteiger partial charge in [0, 0.05) is 18.0 Å². The summed E-state index contributed by atoms with van der Waals surface area (Å²) in [4.78, 5) is 14.3. The van der Waals surface area contributed by atoms with E-state index in [4.69, 9.17) is 0 Å². The molecule has 2 aromatic rings. The fraction of sp³-hybridized carbons (Fsp3) is 0.0833. The molecule has 82 valence electrons. The Bertz CT molecular complexity index is 502. The average Bonchev–Trinajstić information content (AvgIpc) is 2.78. The van der Waals surface area contributed by atoms with Gasteiger partial charge in [-0.05, 0) is 17.7 Å². The smallest absolute Gasteiger partial charge is 0.340 e. The third-order valence-electron chi connectivity index (χ3n) is 2.31. The van der Waals surface area contributed by atoms with Gasteiger partial charge in [-0.15, -0.1) is 0 Å². The summed E-state index contributed by atoms with van der Waals surface area (Å²) < 4.78 is 17.4. The topological polar surface area (TPSA) is 42.1 Å². The van der Waals surface area contributed by atoms with Gasteiger partial charge < -0.3 is 9.72 Å². The van der Waals surface area contributed by atoms with Crippen LogP contribution in [0.2, 0.25) is 0 Å². The maximum Gasteiger partial charge on any atom is 0.340 e. The Morgan fingerprint density at radius 2 is 1.94 bits per heavy atom. The monoisotopic (exact) mass is 219 g/mol. The number of carbonyl (C=O) groups excluding carboxylic acids is 1. The van der Waals surface area contributed by atoms with Crippen molar-refractivity contribution in [1.82, 2.24) is 4.98 Å². The van der Waals surface area contributed by atoms with Gasteiger partial charge in [-0.3, -0.25) is 0 Å². The van der Waals surface area contributed by atoms with Gasteiger partial charge in [-0.1, -0.05) is 12.1 Å². The van der Waals surface area contributed by atoms with Gasteiger partial charge in [-0.2, -0.15) is 0 Å². The first-order valence-electron chi connectivity index (χ1n) is 4.73. The van der Waals surface area contributed by atoms with Crippen molar-refractivity contribution in [3.05, 3.63) is 48.0 Å². The van der Waals surface area contributed by atoms with Gasteiger partial charge in [0.05, 0.1) is 12.7 Å². The Labute approximate surface area is 91.9 Å². The Hall–Kier alpha value is -2.10. The summed E-state index contributed by atoms with van der Waals surface area (Å²) in [5.74, 6) is -0.723. The molecule has 0 aliphatic heterocycles. The molecule has 1 heterocycles. The SMILES string of the molecule is COC(=O)c1c[nH]cc1-c1ccc(F)cc1. The number of halogens is 1. The molecular formula is C12H10FNO2. The van der Waals surface area contributed by atoms with Crippen LogP contribution in [0.4, 0.5) is 4.39 Å². The quantitative estimate of drug-likeness (QED) is 0.789. The van der Waals surface area contributed by atoms with Gasteiger partial charge in [0.15, 0.2) is 0 Å². The number of esters is 1. The van der Waals surface area contributed by atoms with Crippen LogP contribution in [0.5, 0.6) is 0 Å². The van der Waals surface area contributed by atoms with Crippen molar-refractivity contribution in [3.63, 3.8) is 0 Å². The Balaban J connectivity index is 2.44. The second kappa shape index (κ2) is 4.18. The maximum absolute atomic E-state index is 12.8. The van der Waals surface area contributed by atoms with E-state index in [0.29, 0.717) is 11.1 Å². The molecule has 2 rings (SSSR count). The molecule has 0 aliphatic rings. The lowest BCUT2D eigenvalue weighted by Gasteiger charge is -2.02. The van der Waals surface area contributed by atoms with Crippen LogP contribution in [0.25, 0.3) is 11.1 Å². The van der Waals surface area contributed by atoms with E-state index in [2.05, 4.69) is 9.72 Å². The largest absolute Gasteiger partial charge is 0.465 e. The predicted molar refractivity (Wildman–Crippen MR) is 57.5 cm³/mol. The third kappa shape index (κ3) is 1.82. The van der Waals surface area contributed by atoms with E-state index in [1.54, 1.807) is 24.5 Å². The molecule has 0 bridgehead atoms. The fourth-order valence-corrected chi connectivity index (χ4v) is 1.51. The number of hydrogen-bond acceptors (Lipinski definition) is 2. The molecule has 0 atom stereocenters. The Morgan fingerprint density at radius 3 is 2.56 bits per heavy atom. The summed E-state index contributed by atoms with van der Waals surface area (Å²) in [6.45, 7) is 0. The van der Waals surface area contributed by atoms with E-state index in [0.717, 1.165) is 5.56 Å². The highest BCUT2D eigenvalue weighted by molar-refractivity contribution is 5.97. The number of benzene rings is 1. The second-order valence-electron chi connectivity index (χ2n) is 3.28. The second-order valence-corrected chi connectivity index (χ2v) is 3.28. The highest BCUT2D eigenvalue weighted by atomic mass is 19.1. The number of ether oxygens (including phenoxy) is 1. The number of carbonyl (C=O) groups is 1. The lowest BCUT2D eigenvalue weighted by Crippen LogP contribution is -2.00. The number of hydrogen-bond donors (Lipinski definition) is 1. The zero-order valence-corrected chi connectivity index (χ0v) is 8.66. The number of rotatable bonds is 2. The minimum atomic E-state index is -0.416. The van der Waals surface area contributed by atoms with E-state index in [1.807, 2.05) is 0 Å². The molecule has 0 aliphatic carbocycles. The van der Waals surface area contributed by atoms with Crippen LogP contribution in [-0.2, 0) is 4.74 Å². The molecule has 0 fully saturated rings. The molecule has 1 aromatic carbocycles. The lowest BCUT2D eigenvalue weighted by molar-refractivity contribution is 0.0602.